The van der Waals surface area contributed by atoms with Gasteiger partial charge in [-0.25, -0.2) is 4.98 Å². The minimum Gasteiger partial charge on any atom is -0.480 e. The van der Waals surface area contributed by atoms with E-state index in [4.69, 9.17) is 5.11 Å². The first kappa shape index (κ1) is 20.7. The number of carboxylic acids is 1. The van der Waals surface area contributed by atoms with Gasteiger partial charge < -0.3 is 10.4 Å². The largest absolute Gasteiger partial charge is 0.480 e. The summed E-state index contributed by atoms with van der Waals surface area (Å²) in [6.07, 6.45) is 2.90. The molecular weight excluding hydrogens is 406 g/mol. The number of nitrogens with zero attached hydrogens (tertiary/aromatic N) is 2. The van der Waals surface area contributed by atoms with E-state index < -0.39 is 5.97 Å². The number of carbonyl (C=O) groups is 2. The SMILES string of the molecule is O=C(O)CNc1ccc(C(=O)/C=C/c2nc3ccccc3c(=O)n2-c2ccccc2)cc1. The van der Waals surface area contributed by atoms with E-state index in [1.165, 1.54) is 16.7 Å². The third-order valence-corrected chi connectivity index (χ3v) is 4.81. The van der Waals surface area contributed by atoms with Crippen LogP contribution in [0.15, 0.2) is 89.7 Å². The summed E-state index contributed by atoms with van der Waals surface area (Å²) in [6, 6.07) is 22.7. The van der Waals surface area contributed by atoms with Crippen LogP contribution in [0, 0.1) is 0 Å². The van der Waals surface area contributed by atoms with Crippen LogP contribution in [0.4, 0.5) is 5.69 Å². The smallest absolute Gasteiger partial charge is 0.322 e. The van der Waals surface area contributed by atoms with Crippen molar-refractivity contribution >= 4 is 34.4 Å². The second-order valence-corrected chi connectivity index (χ2v) is 6.99. The number of benzene rings is 3. The van der Waals surface area contributed by atoms with Crippen LogP contribution >= 0.6 is 0 Å². The lowest BCUT2D eigenvalue weighted by Crippen LogP contribution is -2.22. The van der Waals surface area contributed by atoms with Crippen molar-refractivity contribution in [2.24, 2.45) is 0 Å². The first-order valence-corrected chi connectivity index (χ1v) is 9.88. The summed E-state index contributed by atoms with van der Waals surface area (Å²) in [5, 5.41) is 12.0. The van der Waals surface area contributed by atoms with Crippen molar-refractivity contribution in [3.05, 3.63) is 107 Å². The van der Waals surface area contributed by atoms with Gasteiger partial charge in [-0.15, -0.1) is 0 Å². The summed E-state index contributed by atoms with van der Waals surface area (Å²) in [5.74, 6) is -0.898. The van der Waals surface area contributed by atoms with Gasteiger partial charge in [-0.05, 0) is 60.7 Å². The highest BCUT2D eigenvalue weighted by Crippen LogP contribution is 2.15. The van der Waals surface area contributed by atoms with E-state index in [9.17, 15) is 14.4 Å². The number of allylic oxidation sites excluding steroid dienone is 1. The molecule has 0 aliphatic heterocycles. The van der Waals surface area contributed by atoms with Crippen LogP contribution in [-0.2, 0) is 4.79 Å². The molecule has 0 saturated heterocycles. The molecule has 0 bridgehead atoms. The topological polar surface area (TPSA) is 101 Å². The molecule has 4 aromatic rings. The maximum atomic E-state index is 13.2. The number of carbonyl (C=O) groups excluding carboxylic acids is 1. The molecule has 4 rings (SSSR count). The van der Waals surface area contributed by atoms with Gasteiger partial charge in [0.25, 0.3) is 5.56 Å². The van der Waals surface area contributed by atoms with Gasteiger partial charge in [-0.1, -0.05) is 30.3 Å². The summed E-state index contributed by atoms with van der Waals surface area (Å²) < 4.78 is 1.48. The molecule has 3 aromatic carbocycles. The van der Waals surface area contributed by atoms with Crippen molar-refractivity contribution in [3.8, 4) is 5.69 Å². The lowest BCUT2D eigenvalue weighted by Gasteiger charge is -2.11. The number of fused-ring (bicyclic) bond motifs is 1. The standard InChI is InChI=1S/C25H19N3O4/c29-22(17-10-12-18(13-11-17)26-16-24(30)31)14-15-23-27-21-9-5-4-8-20(21)25(32)28(23)19-6-2-1-3-7-19/h1-15,26H,16H2,(H,30,31)/b15-14+. The number of carboxylic acid groups (broad SMARTS) is 1. The van der Waals surface area contributed by atoms with Gasteiger partial charge in [0.1, 0.15) is 12.4 Å². The summed E-state index contributed by atoms with van der Waals surface area (Å²) in [7, 11) is 0. The van der Waals surface area contributed by atoms with Crippen LogP contribution in [0.3, 0.4) is 0 Å². The van der Waals surface area contributed by atoms with Gasteiger partial charge in [0, 0.05) is 11.3 Å². The molecule has 0 aliphatic rings. The van der Waals surface area contributed by atoms with E-state index in [0.29, 0.717) is 33.7 Å². The van der Waals surface area contributed by atoms with E-state index in [1.54, 1.807) is 60.7 Å². The van der Waals surface area contributed by atoms with Crippen LogP contribution in [0.25, 0.3) is 22.7 Å². The zero-order valence-electron chi connectivity index (χ0n) is 16.9. The number of ketones is 1. The van der Waals surface area contributed by atoms with Crippen molar-refractivity contribution < 1.29 is 14.7 Å². The average molecular weight is 425 g/mol. The Labute approximate surface area is 183 Å². The highest BCUT2D eigenvalue weighted by atomic mass is 16.4. The molecule has 1 heterocycles. The maximum absolute atomic E-state index is 13.2. The lowest BCUT2D eigenvalue weighted by atomic mass is 10.1. The predicted octanol–water partition coefficient (Wildman–Crippen LogP) is 3.78. The molecule has 0 amide bonds. The molecule has 0 saturated carbocycles. The second kappa shape index (κ2) is 9.09. The summed E-state index contributed by atoms with van der Waals surface area (Å²) in [6.45, 7) is -0.210. The minimum absolute atomic E-state index is 0.210. The van der Waals surface area contributed by atoms with Crippen LogP contribution in [0.5, 0.6) is 0 Å². The molecule has 0 radical (unpaired) electrons. The van der Waals surface area contributed by atoms with Crippen LogP contribution < -0.4 is 10.9 Å². The number of nitrogens with one attached hydrogen (secondary N) is 1. The Balaban J connectivity index is 1.68. The molecule has 158 valence electrons. The highest BCUT2D eigenvalue weighted by molar-refractivity contribution is 6.06. The Kier molecular flexibility index (Phi) is 5.89. The van der Waals surface area contributed by atoms with Crippen molar-refractivity contribution in [2.45, 2.75) is 0 Å². The molecule has 1 aromatic heterocycles. The maximum Gasteiger partial charge on any atom is 0.322 e. The van der Waals surface area contributed by atoms with E-state index in [2.05, 4.69) is 10.3 Å². The van der Waals surface area contributed by atoms with Crippen LogP contribution in [0.1, 0.15) is 16.2 Å². The lowest BCUT2D eigenvalue weighted by molar-refractivity contribution is -0.134. The molecule has 0 aliphatic carbocycles. The molecule has 7 nitrogen and oxygen atoms in total. The normalized spacial score (nSPS) is 11.0. The van der Waals surface area contributed by atoms with Crippen LogP contribution in [0.2, 0.25) is 0 Å². The van der Waals surface area contributed by atoms with E-state index in [0.717, 1.165) is 0 Å². The highest BCUT2D eigenvalue weighted by Gasteiger charge is 2.11. The molecule has 0 fully saturated rings. The Morgan fingerprint density at radius 3 is 2.34 bits per heavy atom. The quantitative estimate of drug-likeness (QED) is 0.345. The first-order chi connectivity index (χ1) is 15.5. The fourth-order valence-corrected chi connectivity index (χ4v) is 3.26. The molecule has 32 heavy (non-hydrogen) atoms. The van der Waals surface area contributed by atoms with Gasteiger partial charge in [-0.2, -0.15) is 0 Å². The van der Waals surface area contributed by atoms with Gasteiger partial charge in [-0.3, -0.25) is 19.0 Å². The zero-order valence-corrected chi connectivity index (χ0v) is 16.9. The average Bonchev–Trinajstić information content (AvgIpc) is 2.82. The Hall–Kier alpha value is -4.52. The Morgan fingerprint density at radius 2 is 1.62 bits per heavy atom. The number of hydrogen-bond acceptors (Lipinski definition) is 5. The number of rotatable bonds is 7. The fourth-order valence-electron chi connectivity index (χ4n) is 3.26. The molecule has 0 atom stereocenters. The third-order valence-electron chi connectivity index (χ3n) is 4.81. The number of aromatic nitrogens is 2. The van der Waals surface area contributed by atoms with E-state index in [1.807, 2.05) is 18.2 Å². The number of hydrogen-bond donors (Lipinski definition) is 2. The van der Waals surface area contributed by atoms with Crippen molar-refractivity contribution in [1.82, 2.24) is 9.55 Å². The summed E-state index contributed by atoms with van der Waals surface area (Å²) in [4.78, 5) is 41.1. The fraction of sp³-hybridized carbons (Fsp3) is 0.0400. The third kappa shape index (κ3) is 4.46. The predicted molar refractivity (Wildman–Crippen MR) is 123 cm³/mol. The molecule has 0 unspecified atom stereocenters. The molecule has 0 spiro atoms. The van der Waals surface area contributed by atoms with Gasteiger partial charge >= 0.3 is 5.97 Å². The van der Waals surface area contributed by atoms with E-state index >= 15 is 0 Å². The first-order valence-electron chi connectivity index (χ1n) is 9.88. The molecule has 2 N–H and O–H groups in total. The van der Waals surface area contributed by atoms with Gasteiger partial charge in [0.15, 0.2) is 5.78 Å². The van der Waals surface area contributed by atoms with Crippen molar-refractivity contribution in [3.63, 3.8) is 0 Å². The minimum atomic E-state index is -0.972. The number of anilines is 1. The number of para-hydroxylation sites is 2. The van der Waals surface area contributed by atoms with Crippen LogP contribution in [-0.4, -0.2) is 33.0 Å². The van der Waals surface area contributed by atoms with Gasteiger partial charge in [0.2, 0.25) is 0 Å². The van der Waals surface area contributed by atoms with Gasteiger partial charge in [0.05, 0.1) is 16.6 Å². The zero-order chi connectivity index (χ0) is 22.5. The summed E-state index contributed by atoms with van der Waals surface area (Å²) in [5.41, 5.74) is 2.00. The molecular formula is C25H19N3O4. The monoisotopic (exact) mass is 425 g/mol. The number of aliphatic carboxylic acids is 1. The van der Waals surface area contributed by atoms with Crippen molar-refractivity contribution in [2.75, 3.05) is 11.9 Å². The van der Waals surface area contributed by atoms with E-state index in [-0.39, 0.29) is 17.9 Å². The van der Waals surface area contributed by atoms with Crippen molar-refractivity contribution in [1.29, 1.82) is 0 Å². The second-order valence-electron chi connectivity index (χ2n) is 6.99. The Bertz CT molecular complexity index is 1370. The summed E-state index contributed by atoms with van der Waals surface area (Å²) >= 11 is 0. The molecule has 7 heteroatoms. The Morgan fingerprint density at radius 1 is 0.938 bits per heavy atom.